The molecule has 2 heterocycles. The fraction of sp³-hybridized carbons (Fsp3) is 0.500. The SMILES string of the molecule is O=C(C[C@@H]1CCCO1)NS(=O)(=O)Cc1ccc(Cl)nc1. The van der Waals surface area contributed by atoms with Gasteiger partial charge in [-0.15, -0.1) is 0 Å². The summed E-state index contributed by atoms with van der Waals surface area (Å²) >= 11 is 5.62. The summed E-state index contributed by atoms with van der Waals surface area (Å²) in [6, 6.07) is 3.06. The van der Waals surface area contributed by atoms with E-state index in [-0.39, 0.29) is 23.4 Å². The predicted molar refractivity (Wildman–Crippen MR) is 73.6 cm³/mol. The molecule has 2 rings (SSSR count). The summed E-state index contributed by atoms with van der Waals surface area (Å²) in [4.78, 5) is 15.4. The molecule has 1 aliphatic heterocycles. The number of nitrogens with zero attached hydrogens (tertiary/aromatic N) is 1. The van der Waals surface area contributed by atoms with Gasteiger partial charge in [0.2, 0.25) is 15.9 Å². The van der Waals surface area contributed by atoms with Crippen LogP contribution in [0.15, 0.2) is 18.3 Å². The van der Waals surface area contributed by atoms with E-state index in [1.54, 1.807) is 6.07 Å². The maximum absolute atomic E-state index is 11.8. The van der Waals surface area contributed by atoms with Crippen LogP contribution in [0.4, 0.5) is 0 Å². The Hall–Kier alpha value is -1.18. The molecule has 8 heteroatoms. The number of hydrogen-bond acceptors (Lipinski definition) is 5. The van der Waals surface area contributed by atoms with Gasteiger partial charge in [0.1, 0.15) is 5.15 Å². The van der Waals surface area contributed by atoms with Crippen LogP contribution in [-0.2, 0) is 25.3 Å². The number of aromatic nitrogens is 1. The van der Waals surface area contributed by atoms with Crippen molar-refractivity contribution in [2.45, 2.75) is 31.1 Å². The van der Waals surface area contributed by atoms with E-state index in [1.807, 2.05) is 4.72 Å². The van der Waals surface area contributed by atoms with Gasteiger partial charge in [0.05, 0.1) is 18.3 Å². The Labute approximate surface area is 122 Å². The summed E-state index contributed by atoms with van der Waals surface area (Å²) < 4.78 is 31.0. The van der Waals surface area contributed by atoms with Crippen molar-refractivity contribution in [2.75, 3.05) is 6.61 Å². The maximum Gasteiger partial charge on any atom is 0.239 e. The monoisotopic (exact) mass is 318 g/mol. The van der Waals surface area contributed by atoms with Crippen LogP contribution in [0.5, 0.6) is 0 Å². The molecule has 0 unspecified atom stereocenters. The van der Waals surface area contributed by atoms with Crippen LogP contribution in [0, 0.1) is 0 Å². The number of halogens is 1. The average Bonchev–Trinajstić information content (AvgIpc) is 2.83. The number of pyridine rings is 1. The Morgan fingerprint density at radius 1 is 1.50 bits per heavy atom. The van der Waals surface area contributed by atoms with Crippen LogP contribution in [0.25, 0.3) is 0 Å². The number of rotatable bonds is 5. The van der Waals surface area contributed by atoms with Crippen LogP contribution >= 0.6 is 11.6 Å². The van der Waals surface area contributed by atoms with Gasteiger partial charge >= 0.3 is 0 Å². The quantitative estimate of drug-likeness (QED) is 0.826. The van der Waals surface area contributed by atoms with Gasteiger partial charge in [0, 0.05) is 12.8 Å². The van der Waals surface area contributed by atoms with Crippen LogP contribution in [0.3, 0.4) is 0 Å². The summed E-state index contributed by atoms with van der Waals surface area (Å²) in [5.74, 6) is -0.854. The van der Waals surface area contributed by atoms with Gasteiger partial charge in [0.15, 0.2) is 0 Å². The van der Waals surface area contributed by atoms with E-state index in [0.29, 0.717) is 12.2 Å². The first-order valence-corrected chi connectivity index (χ1v) is 8.23. The fourth-order valence-corrected chi connectivity index (χ4v) is 3.20. The average molecular weight is 319 g/mol. The normalized spacial score (nSPS) is 18.9. The van der Waals surface area contributed by atoms with Crippen molar-refractivity contribution in [3.8, 4) is 0 Å². The van der Waals surface area contributed by atoms with Crippen LogP contribution in [0.2, 0.25) is 5.15 Å². The molecule has 0 aromatic carbocycles. The van der Waals surface area contributed by atoms with E-state index in [4.69, 9.17) is 16.3 Å². The molecule has 0 saturated carbocycles. The van der Waals surface area contributed by atoms with E-state index in [2.05, 4.69) is 4.98 Å². The lowest BCUT2D eigenvalue weighted by Gasteiger charge is -2.10. The minimum atomic E-state index is -3.73. The third-order valence-corrected chi connectivity index (χ3v) is 4.33. The van der Waals surface area contributed by atoms with Gasteiger partial charge in [0.25, 0.3) is 0 Å². The highest BCUT2D eigenvalue weighted by atomic mass is 35.5. The van der Waals surface area contributed by atoms with Crippen LogP contribution in [-0.4, -0.2) is 32.0 Å². The first-order chi connectivity index (χ1) is 9.44. The highest BCUT2D eigenvalue weighted by Gasteiger charge is 2.22. The van der Waals surface area contributed by atoms with Crippen molar-refractivity contribution >= 4 is 27.5 Å². The second-order valence-corrected chi connectivity index (χ2v) is 6.72. The summed E-state index contributed by atoms with van der Waals surface area (Å²) in [7, 11) is -3.73. The lowest BCUT2D eigenvalue weighted by molar-refractivity contribution is -0.121. The van der Waals surface area contributed by atoms with Gasteiger partial charge in [-0.25, -0.2) is 13.4 Å². The van der Waals surface area contributed by atoms with Crippen molar-refractivity contribution in [3.63, 3.8) is 0 Å². The number of nitrogens with one attached hydrogen (secondary N) is 1. The van der Waals surface area contributed by atoms with Crippen LogP contribution < -0.4 is 4.72 Å². The Morgan fingerprint density at radius 2 is 2.30 bits per heavy atom. The number of ether oxygens (including phenoxy) is 1. The summed E-state index contributed by atoms with van der Waals surface area (Å²) in [5, 5.41) is 0.286. The molecule has 1 saturated heterocycles. The number of sulfonamides is 1. The number of amides is 1. The van der Waals surface area contributed by atoms with Crippen molar-refractivity contribution in [2.24, 2.45) is 0 Å². The number of carbonyl (C=O) groups excluding carboxylic acids is 1. The first kappa shape index (κ1) is 15.2. The molecular formula is C12H15ClN2O4S. The lowest BCUT2D eigenvalue weighted by Crippen LogP contribution is -2.33. The minimum Gasteiger partial charge on any atom is -0.378 e. The molecule has 1 aliphatic rings. The molecule has 1 aromatic heterocycles. The lowest BCUT2D eigenvalue weighted by atomic mass is 10.2. The van der Waals surface area contributed by atoms with Crippen LogP contribution in [0.1, 0.15) is 24.8 Å². The van der Waals surface area contributed by atoms with E-state index < -0.39 is 15.9 Å². The highest BCUT2D eigenvalue weighted by molar-refractivity contribution is 7.89. The fourth-order valence-electron chi connectivity index (χ4n) is 1.97. The Bertz CT molecular complexity index is 568. The standard InChI is InChI=1S/C12H15ClN2O4S/c13-11-4-3-9(7-14-11)8-20(17,18)15-12(16)6-10-2-1-5-19-10/h3-4,7,10H,1-2,5-6,8H2,(H,15,16)/t10-/m0/s1. The molecule has 1 amide bonds. The predicted octanol–water partition coefficient (Wildman–Crippen LogP) is 1.25. The highest BCUT2D eigenvalue weighted by Crippen LogP contribution is 2.15. The third-order valence-electron chi connectivity index (χ3n) is 2.85. The first-order valence-electron chi connectivity index (χ1n) is 6.20. The van der Waals surface area contributed by atoms with E-state index in [9.17, 15) is 13.2 Å². The minimum absolute atomic E-state index is 0.0676. The maximum atomic E-state index is 11.8. The molecule has 1 aromatic rings. The zero-order valence-electron chi connectivity index (χ0n) is 10.7. The van der Waals surface area contributed by atoms with Crippen molar-refractivity contribution < 1.29 is 17.9 Å². The molecule has 0 spiro atoms. The molecule has 20 heavy (non-hydrogen) atoms. The third kappa shape index (κ3) is 4.73. The molecule has 110 valence electrons. The van der Waals surface area contributed by atoms with Gasteiger partial charge in [-0.2, -0.15) is 0 Å². The zero-order valence-corrected chi connectivity index (χ0v) is 12.3. The van der Waals surface area contributed by atoms with Crippen molar-refractivity contribution in [3.05, 3.63) is 29.0 Å². The van der Waals surface area contributed by atoms with E-state index in [0.717, 1.165) is 12.8 Å². The Kier molecular flexibility index (Phi) is 4.95. The molecule has 1 N–H and O–H groups in total. The summed E-state index contributed by atoms with van der Waals surface area (Å²) in [5.41, 5.74) is 0.465. The molecule has 0 aliphatic carbocycles. The number of hydrogen-bond donors (Lipinski definition) is 1. The van der Waals surface area contributed by atoms with Crippen molar-refractivity contribution in [1.82, 2.24) is 9.71 Å². The summed E-state index contributed by atoms with van der Waals surface area (Å²) in [6.07, 6.45) is 2.95. The Balaban J connectivity index is 1.89. The van der Waals surface area contributed by atoms with Gasteiger partial charge in [-0.05, 0) is 24.5 Å². The molecule has 0 radical (unpaired) electrons. The van der Waals surface area contributed by atoms with E-state index in [1.165, 1.54) is 12.3 Å². The Morgan fingerprint density at radius 3 is 2.90 bits per heavy atom. The van der Waals surface area contributed by atoms with Gasteiger partial charge in [-0.1, -0.05) is 17.7 Å². The second-order valence-electron chi connectivity index (χ2n) is 4.61. The van der Waals surface area contributed by atoms with Gasteiger partial charge in [-0.3, -0.25) is 9.52 Å². The second kappa shape index (κ2) is 6.51. The van der Waals surface area contributed by atoms with Gasteiger partial charge < -0.3 is 4.74 Å². The van der Waals surface area contributed by atoms with E-state index >= 15 is 0 Å². The molecule has 0 bridgehead atoms. The zero-order chi connectivity index (χ0) is 14.6. The molecule has 1 fully saturated rings. The molecule has 1 atom stereocenters. The molecule has 6 nitrogen and oxygen atoms in total. The molecular weight excluding hydrogens is 304 g/mol. The largest absolute Gasteiger partial charge is 0.378 e. The summed E-state index contributed by atoms with van der Waals surface area (Å²) in [6.45, 7) is 0.626. The topological polar surface area (TPSA) is 85.4 Å². The number of carbonyl (C=O) groups is 1. The smallest absolute Gasteiger partial charge is 0.239 e. The van der Waals surface area contributed by atoms with Crippen molar-refractivity contribution in [1.29, 1.82) is 0 Å².